The van der Waals surface area contributed by atoms with E-state index >= 15 is 0 Å². The van der Waals surface area contributed by atoms with Gasteiger partial charge in [0.2, 0.25) is 10.0 Å². The molecule has 6 nitrogen and oxygen atoms in total. The minimum absolute atomic E-state index is 0.0668. The van der Waals surface area contributed by atoms with Crippen LogP contribution in [0.4, 0.5) is 11.4 Å². The van der Waals surface area contributed by atoms with Gasteiger partial charge in [0, 0.05) is 24.5 Å². The van der Waals surface area contributed by atoms with Gasteiger partial charge >= 0.3 is 0 Å². The first kappa shape index (κ1) is 15.1. The number of hydrogen-bond acceptors (Lipinski definition) is 5. The molecule has 1 saturated heterocycles. The van der Waals surface area contributed by atoms with Gasteiger partial charge in [-0.1, -0.05) is 0 Å². The highest BCUT2D eigenvalue weighted by atomic mass is 32.2. The van der Waals surface area contributed by atoms with E-state index in [1.54, 1.807) is 13.0 Å². The summed E-state index contributed by atoms with van der Waals surface area (Å²) >= 11 is 0. The molecule has 0 spiro atoms. The maximum atomic E-state index is 11.5. The maximum absolute atomic E-state index is 11.5. The highest BCUT2D eigenvalue weighted by Gasteiger charge is 2.17. The number of rotatable bonds is 5. The zero-order valence-corrected chi connectivity index (χ0v) is 12.4. The lowest BCUT2D eigenvalue weighted by Crippen LogP contribution is -2.17. The molecular formula is C13H21N3O3S. The van der Waals surface area contributed by atoms with E-state index in [1.807, 2.05) is 0 Å². The number of nitrogen functional groups attached to an aromatic ring is 1. The van der Waals surface area contributed by atoms with Crippen molar-refractivity contribution in [2.75, 3.05) is 24.2 Å². The Kier molecular flexibility index (Phi) is 4.52. The molecule has 0 aromatic heterocycles. The van der Waals surface area contributed by atoms with Crippen LogP contribution in [0.25, 0.3) is 0 Å². The van der Waals surface area contributed by atoms with Crippen LogP contribution >= 0.6 is 0 Å². The van der Waals surface area contributed by atoms with Crippen molar-refractivity contribution in [2.45, 2.75) is 37.2 Å². The summed E-state index contributed by atoms with van der Waals surface area (Å²) in [4.78, 5) is 0.0668. The van der Waals surface area contributed by atoms with Crippen molar-refractivity contribution in [3.05, 3.63) is 17.7 Å². The van der Waals surface area contributed by atoms with Gasteiger partial charge in [0.15, 0.2) is 0 Å². The third-order valence-corrected chi connectivity index (χ3v) is 4.53. The molecule has 1 aromatic carbocycles. The highest BCUT2D eigenvalue weighted by molar-refractivity contribution is 7.89. The Hall–Kier alpha value is -1.31. The molecule has 0 bridgehead atoms. The maximum Gasteiger partial charge on any atom is 0.238 e. The molecule has 5 N–H and O–H groups in total. The van der Waals surface area contributed by atoms with Crippen molar-refractivity contribution < 1.29 is 13.2 Å². The van der Waals surface area contributed by atoms with Crippen LogP contribution < -0.4 is 16.2 Å². The van der Waals surface area contributed by atoms with Gasteiger partial charge < -0.3 is 15.8 Å². The summed E-state index contributed by atoms with van der Waals surface area (Å²) in [7, 11) is -3.76. The molecule has 1 atom stereocenters. The average molecular weight is 299 g/mol. The number of sulfonamides is 1. The number of nitrogens with one attached hydrogen (secondary N) is 1. The van der Waals surface area contributed by atoms with Gasteiger partial charge in [0.05, 0.1) is 11.0 Å². The number of hydrogen-bond donors (Lipinski definition) is 3. The third-order valence-electron chi connectivity index (χ3n) is 3.49. The SMILES string of the molecule is Cc1c(NCCC2CCCO2)cc(N)cc1S(N)(=O)=O. The molecule has 0 aliphatic carbocycles. The second kappa shape index (κ2) is 5.99. The van der Waals surface area contributed by atoms with Crippen molar-refractivity contribution in [3.8, 4) is 0 Å². The molecule has 7 heteroatoms. The number of ether oxygens (including phenoxy) is 1. The van der Waals surface area contributed by atoms with Gasteiger partial charge in [0.25, 0.3) is 0 Å². The summed E-state index contributed by atoms with van der Waals surface area (Å²) < 4.78 is 28.6. The van der Waals surface area contributed by atoms with E-state index in [9.17, 15) is 8.42 Å². The molecular weight excluding hydrogens is 278 g/mol. The normalized spacial score (nSPS) is 19.2. The molecule has 2 rings (SSSR count). The van der Waals surface area contributed by atoms with Gasteiger partial charge in [-0.3, -0.25) is 0 Å². The van der Waals surface area contributed by atoms with Crippen molar-refractivity contribution in [1.82, 2.24) is 0 Å². The van der Waals surface area contributed by atoms with Crippen LogP contribution in [-0.4, -0.2) is 27.7 Å². The van der Waals surface area contributed by atoms with Crippen LogP contribution in [-0.2, 0) is 14.8 Å². The Morgan fingerprint density at radius 3 is 2.80 bits per heavy atom. The highest BCUT2D eigenvalue weighted by Crippen LogP contribution is 2.26. The fourth-order valence-corrected chi connectivity index (χ4v) is 3.26. The summed E-state index contributed by atoms with van der Waals surface area (Å²) in [5.41, 5.74) is 7.40. The Morgan fingerprint density at radius 2 is 2.20 bits per heavy atom. The van der Waals surface area contributed by atoms with Gasteiger partial charge in [0.1, 0.15) is 0 Å². The molecule has 112 valence electrons. The van der Waals surface area contributed by atoms with Crippen LogP contribution in [0.2, 0.25) is 0 Å². The first-order valence-corrected chi connectivity index (χ1v) is 8.21. The molecule has 1 fully saturated rings. The summed E-state index contributed by atoms with van der Waals surface area (Å²) in [5.74, 6) is 0. The molecule has 0 saturated carbocycles. The van der Waals surface area contributed by atoms with Gasteiger partial charge in [-0.25, -0.2) is 13.6 Å². The van der Waals surface area contributed by atoms with Gasteiger partial charge in [-0.15, -0.1) is 0 Å². The standard InChI is InChI=1S/C13H21N3O3S/c1-9-12(16-5-4-11-3-2-6-19-11)7-10(14)8-13(9)20(15,17)18/h7-8,11,16H,2-6,14H2,1H3,(H2,15,17,18). The molecule has 20 heavy (non-hydrogen) atoms. The zero-order chi connectivity index (χ0) is 14.8. The lowest BCUT2D eigenvalue weighted by atomic mass is 10.1. The quantitative estimate of drug-likeness (QED) is 0.708. The Balaban J connectivity index is 2.09. The van der Waals surface area contributed by atoms with E-state index in [-0.39, 0.29) is 4.90 Å². The van der Waals surface area contributed by atoms with Gasteiger partial charge in [-0.05, 0) is 43.9 Å². The predicted octanol–water partition coefficient (Wildman–Crippen LogP) is 1.21. The molecule has 1 aliphatic heterocycles. The minimum atomic E-state index is -3.76. The smallest absolute Gasteiger partial charge is 0.238 e. The minimum Gasteiger partial charge on any atom is -0.399 e. The Labute approximate surface area is 119 Å². The van der Waals surface area contributed by atoms with Crippen molar-refractivity contribution in [1.29, 1.82) is 0 Å². The lowest BCUT2D eigenvalue weighted by molar-refractivity contribution is 0.107. The van der Waals surface area contributed by atoms with E-state index in [1.165, 1.54) is 6.07 Å². The summed E-state index contributed by atoms with van der Waals surface area (Å²) in [6.45, 7) is 3.25. The Bertz CT molecular complexity index is 581. The lowest BCUT2D eigenvalue weighted by Gasteiger charge is -2.15. The first-order valence-electron chi connectivity index (χ1n) is 6.66. The van der Waals surface area contributed by atoms with E-state index in [4.69, 9.17) is 15.6 Å². The van der Waals surface area contributed by atoms with Crippen LogP contribution in [0.1, 0.15) is 24.8 Å². The fraction of sp³-hybridized carbons (Fsp3) is 0.538. The third kappa shape index (κ3) is 3.62. The van der Waals surface area contributed by atoms with E-state index in [2.05, 4.69) is 5.32 Å². The van der Waals surface area contributed by atoms with Crippen LogP contribution in [0, 0.1) is 6.92 Å². The Morgan fingerprint density at radius 1 is 1.45 bits per heavy atom. The number of primary sulfonamides is 1. The molecule has 0 radical (unpaired) electrons. The summed E-state index contributed by atoms with van der Waals surface area (Å²) in [5, 5.41) is 8.41. The molecule has 0 amide bonds. The first-order chi connectivity index (χ1) is 9.38. The predicted molar refractivity (Wildman–Crippen MR) is 79.0 cm³/mol. The monoisotopic (exact) mass is 299 g/mol. The second-order valence-electron chi connectivity index (χ2n) is 5.09. The second-order valence-corrected chi connectivity index (χ2v) is 6.62. The molecule has 1 aromatic rings. The van der Waals surface area contributed by atoms with Crippen molar-refractivity contribution >= 4 is 21.4 Å². The van der Waals surface area contributed by atoms with Crippen LogP contribution in [0.3, 0.4) is 0 Å². The van der Waals surface area contributed by atoms with Crippen LogP contribution in [0.15, 0.2) is 17.0 Å². The zero-order valence-electron chi connectivity index (χ0n) is 11.6. The summed E-state index contributed by atoms with van der Waals surface area (Å²) in [6, 6.07) is 3.11. The van der Waals surface area contributed by atoms with E-state index < -0.39 is 10.0 Å². The average Bonchev–Trinajstić information content (AvgIpc) is 2.84. The van der Waals surface area contributed by atoms with Crippen molar-refractivity contribution in [3.63, 3.8) is 0 Å². The number of anilines is 2. The summed E-state index contributed by atoms with van der Waals surface area (Å²) in [6.07, 6.45) is 3.37. The van der Waals surface area contributed by atoms with Gasteiger partial charge in [-0.2, -0.15) is 0 Å². The number of benzene rings is 1. The molecule has 1 aliphatic rings. The fourth-order valence-electron chi connectivity index (χ4n) is 2.43. The van der Waals surface area contributed by atoms with E-state index in [0.717, 1.165) is 25.9 Å². The van der Waals surface area contributed by atoms with Crippen molar-refractivity contribution in [2.24, 2.45) is 5.14 Å². The topological polar surface area (TPSA) is 107 Å². The molecule has 1 unspecified atom stereocenters. The molecule has 1 heterocycles. The van der Waals surface area contributed by atoms with Crippen LogP contribution in [0.5, 0.6) is 0 Å². The number of nitrogens with two attached hydrogens (primary N) is 2. The largest absolute Gasteiger partial charge is 0.399 e. The van der Waals surface area contributed by atoms with E-state index in [0.29, 0.717) is 29.6 Å².